The minimum atomic E-state index is -0.0591. The standard InChI is InChI=1S/C11H19N3O2/c1-13-5-6-14(7-10(13)15)11(16)8-3-2-4-9(8)12/h8-9H,2-7,12H2,1H3. The van der Waals surface area contributed by atoms with Crippen LogP contribution in [0.5, 0.6) is 0 Å². The SMILES string of the molecule is CN1CCN(C(=O)C2CCCC2N)CC1=O. The molecule has 0 aromatic carbocycles. The van der Waals surface area contributed by atoms with Crippen molar-refractivity contribution in [2.45, 2.75) is 25.3 Å². The molecule has 2 atom stereocenters. The molecule has 90 valence electrons. The van der Waals surface area contributed by atoms with Gasteiger partial charge in [0.05, 0.1) is 12.5 Å². The van der Waals surface area contributed by atoms with Crippen LogP contribution in [-0.4, -0.2) is 54.3 Å². The molecule has 5 nitrogen and oxygen atoms in total. The van der Waals surface area contributed by atoms with E-state index in [2.05, 4.69) is 0 Å². The second kappa shape index (κ2) is 4.41. The van der Waals surface area contributed by atoms with Gasteiger partial charge in [0.2, 0.25) is 11.8 Å². The van der Waals surface area contributed by atoms with E-state index in [9.17, 15) is 9.59 Å². The van der Waals surface area contributed by atoms with Crippen LogP contribution in [0, 0.1) is 5.92 Å². The maximum atomic E-state index is 12.1. The number of rotatable bonds is 1. The van der Waals surface area contributed by atoms with Crippen LogP contribution in [0.1, 0.15) is 19.3 Å². The molecule has 1 aliphatic heterocycles. The van der Waals surface area contributed by atoms with Crippen LogP contribution in [0.15, 0.2) is 0 Å². The Morgan fingerprint density at radius 2 is 2.12 bits per heavy atom. The fourth-order valence-corrected chi connectivity index (χ4v) is 2.48. The first-order valence-corrected chi connectivity index (χ1v) is 5.88. The van der Waals surface area contributed by atoms with Gasteiger partial charge in [-0.3, -0.25) is 9.59 Å². The lowest BCUT2D eigenvalue weighted by Gasteiger charge is -2.34. The highest BCUT2D eigenvalue weighted by Gasteiger charge is 2.35. The first-order chi connectivity index (χ1) is 7.59. The van der Waals surface area contributed by atoms with Crippen LogP contribution in [0.4, 0.5) is 0 Å². The fourth-order valence-electron chi connectivity index (χ4n) is 2.48. The summed E-state index contributed by atoms with van der Waals surface area (Å²) in [6, 6.07) is -0.0118. The van der Waals surface area contributed by atoms with E-state index in [-0.39, 0.29) is 30.3 Å². The molecule has 2 amide bonds. The third-order valence-electron chi connectivity index (χ3n) is 3.66. The van der Waals surface area contributed by atoms with Crippen LogP contribution in [-0.2, 0) is 9.59 Å². The molecule has 2 unspecified atom stereocenters. The van der Waals surface area contributed by atoms with E-state index < -0.39 is 0 Å². The van der Waals surface area contributed by atoms with Crippen LogP contribution in [0.2, 0.25) is 0 Å². The van der Waals surface area contributed by atoms with Crippen molar-refractivity contribution in [2.75, 3.05) is 26.7 Å². The lowest BCUT2D eigenvalue weighted by Crippen LogP contribution is -2.53. The zero-order valence-corrected chi connectivity index (χ0v) is 9.69. The Morgan fingerprint density at radius 3 is 2.69 bits per heavy atom. The van der Waals surface area contributed by atoms with Gasteiger partial charge in [-0.05, 0) is 12.8 Å². The summed E-state index contributed by atoms with van der Waals surface area (Å²) in [7, 11) is 1.77. The van der Waals surface area contributed by atoms with E-state index in [1.807, 2.05) is 0 Å². The number of carbonyl (C=O) groups excluding carboxylic acids is 2. The predicted molar refractivity (Wildman–Crippen MR) is 59.5 cm³/mol. The monoisotopic (exact) mass is 225 g/mol. The van der Waals surface area contributed by atoms with Crippen molar-refractivity contribution >= 4 is 11.8 Å². The zero-order chi connectivity index (χ0) is 11.7. The number of nitrogens with zero attached hydrogens (tertiary/aromatic N) is 2. The van der Waals surface area contributed by atoms with E-state index in [1.54, 1.807) is 16.8 Å². The summed E-state index contributed by atoms with van der Waals surface area (Å²) in [5.74, 6) is 0.0359. The van der Waals surface area contributed by atoms with Crippen molar-refractivity contribution in [3.8, 4) is 0 Å². The fraction of sp³-hybridized carbons (Fsp3) is 0.818. The average molecular weight is 225 g/mol. The molecule has 0 bridgehead atoms. The largest absolute Gasteiger partial charge is 0.342 e. The van der Waals surface area contributed by atoms with Gasteiger partial charge >= 0.3 is 0 Å². The minimum absolute atomic E-state index is 0.0118. The lowest BCUT2D eigenvalue weighted by molar-refractivity contribution is -0.146. The van der Waals surface area contributed by atoms with Gasteiger partial charge < -0.3 is 15.5 Å². The van der Waals surface area contributed by atoms with E-state index in [4.69, 9.17) is 5.73 Å². The average Bonchev–Trinajstić information content (AvgIpc) is 2.67. The van der Waals surface area contributed by atoms with E-state index >= 15 is 0 Å². The van der Waals surface area contributed by atoms with Crippen LogP contribution in [0.25, 0.3) is 0 Å². The number of likely N-dealkylation sites (N-methyl/N-ethyl adjacent to an activating group) is 1. The summed E-state index contributed by atoms with van der Waals surface area (Å²) in [5.41, 5.74) is 5.91. The maximum absolute atomic E-state index is 12.1. The van der Waals surface area contributed by atoms with E-state index in [0.29, 0.717) is 13.1 Å². The first kappa shape index (κ1) is 11.4. The van der Waals surface area contributed by atoms with Crippen molar-refractivity contribution in [3.05, 3.63) is 0 Å². The summed E-state index contributed by atoms with van der Waals surface area (Å²) in [6.45, 7) is 1.50. The van der Waals surface area contributed by atoms with Crippen LogP contribution >= 0.6 is 0 Å². The summed E-state index contributed by atoms with van der Waals surface area (Å²) >= 11 is 0. The Morgan fingerprint density at radius 1 is 1.38 bits per heavy atom. The highest BCUT2D eigenvalue weighted by atomic mass is 16.2. The van der Waals surface area contributed by atoms with E-state index in [1.165, 1.54) is 0 Å². The molecule has 1 saturated heterocycles. The Kier molecular flexibility index (Phi) is 3.14. The van der Waals surface area contributed by atoms with Crippen molar-refractivity contribution in [3.63, 3.8) is 0 Å². The molecule has 2 aliphatic rings. The van der Waals surface area contributed by atoms with Gasteiger partial charge in [0.25, 0.3) is 0 Å². The van der Waals surface area contributed by atoms with Gasteiger partial charge in [0.15, 0.2) is 0 Å². The van der Waals surface area contributed by atoms with Gasteiger partial charge in [0, 0.05) is 26.2 Å². The highest BCUT2D eigenvalue weighted by molar-refractivity contribution is 5.87. The molecule has 0 aromatic heterocycles. The van der Waals surface area contributed by atoms with Gasteiger partial charge in [0.1, 0.15) is 0 Å². The molecule has 2 fully saturated rings. The van der Waals surface area contributed by atoms with Crippen molar-refractivity contribution < 1.29 is 9.59 Å². The summed E-state index contributed by atoms with van der Waals surface area (Å²) in [6.07, 6.45) is 2.83. The minimum Gasteiger partial charge on any atom is -0.342 e. The highest BCUT2D eigenvalue weighted by Crippen LogP contribution is 2.26. The zero-order valence-electron chi connectivity index (χ0n) is 9.69. The molecule has 0 spiro atoms. The predicted octanol–water partition coefficient (Wildman–Crippen LogP) is -0.586. The maximum Gasteiger partial charge on any atom is 0.241 e. The van der Waals surface area contributed by atoms with Crippen LogP contribution in [0.3, 0.4) is 0 Å². The Balaban J connectivity index is 1.97. The Labute approximate surface area is 95.6 Å². The second-order valence-electron chi connectivity index (χ2n) is 4.78. The van der Waals surface area contributed by atoms with Gasteiger partial charge in [-0.1, -0.05) is 6.42 Å². The van der Waals surface area contributed by atoms with Crippen molar-refractivity contribution in [1.29, 1.82) is 0 Å². The van der Waals surface area contributed by atoms with Gasteiger partial charge in [-0.15, -0.1) is 0 Å². The summed E-state index contributed by atoms with van der Waals surface area (Å²) < 4.78 is 0. The summed E-state index contributed by atoms with van der Waals surface area (Å²) in [5, 5.41) is 0. The number of nitrogens with two attached hydrogens (primary N) is 1. The van der Waals surface area contributed by atoms with Gasteiger partial charge in [-0.25, -0.2) is 0 Å². The molecule has 1 aliphatic carbocycles. The number of hydrogen-bond donors (Lipinski definition) is 1. The second-order valence-corrected chi connectivity index (χ2v) is 4.78. The number of carbonyl (C=O) groups is 2. The molecule has 2 N–H and O–H groups in total. The molecule has 5 heteroatoms. The Bertz CT molecular complexity index is 306. The number of hydrogen-bond acceptors (Lipinski definition) is 3. The van der Waals surface area contributed by atoms with Crippen LogP contribution < -0.4 is 5.73 Å². The molecule has 1 heterocycles. The molecule has 2 rings (SSSR count). The molecule has 1 saturated carbocycles. The third kappa shape index (κ3) is 2.04. The molecule has 0 aromatic rings. The quantitative estimate of drug-likeness (QED) is 0.649. The van der Waals surface area contributed by atoms with Crippen molar-refractivity contribution in [1.82, 2.24) is 9.80 Å². The molecular weight excluding hydrogens is 206 g/mol. The molecule has 0 radical (unpaired) electrons. The smallest absolute Gasteiger partial charge is 0.241 e. The van der Waals surface area contributed by atoms with Crippen molar-refractivity contribution in [2.24, 2.45) is 11.7 Å². The normalized spacial score (nSPS) is 31.0. The first-order valence-electron chi connectivity index (χ1n) is 5.88. The Hall–Kier alpha value is -1.10. The topological polar surface area (TPSA) is 66.6 Å². The summed E-state index contributed by atoms with van der Waals surface area (Å²) in [4.78, 5) is 27.0. The van der Waals surface area contributed by atoms with E-state index in [0.717, 1.165) is 19.3 Å². The van der Waals surface area contributed by atoms with Gasteiger partial charge in [-0.2, -0.15) is 0 Å². The number of piperazine rings is 1. The molecule has 16 heavy (non-hydrogen) atoms. The molecular formula is C11H19N3O2. The lowest BCUT2D eigenvalue weighted by atomic mass is 10.0. The number of amides is 2. The third-order valence-corrected chi connectivity index (χ3v) is 3.66.